The minimum absolute atomic E-state index is 0.182. The molecule has 120 valence electrons. The van der Waals surface area contributed by atoms with Crippen LogP contribution >= 0.6 is 0 Å². The predicted molar refractivity (Wildman–Crippen MR) is 84.8 cm³/mol. The van der Waals surface area contributed by atoms with Crippen molar-refractivity contribution < 1.29 is 4.79 Å². The third-order valence-electron chi connectivity index (χ3n) is 4.73. The molecule has 0 radical (unpaired) electrons. The summed E-state index contributed by atoms with van der Waals surface area (Å²) in [4.78, 5) is 25.7. The molecule has 1 saturated carbocycles. The number of carbonyl (C=O) groups excluding carboxylic acids is 1. The normalized spacial score (nSPS) is 22.7. The molecule has 1 unspecified atom stereocenters. The maximum absolute atomic E-state index is 12.2. The van der Waals surface area contributed by atoms with Crippen molar-refractivity contribution in [3.05, 3.63) is 22.6 Å². The van der Waals surface area contributed by atoms with Crippen LogP contribution in [0.1, 0.15) is 44.9 Å². The van der Waals surface area contributed by atoms with Crippen LogP contribution in [0, 0.1) is 5.92 Å². The summed E-state index contributed by atoms with van der Waals surface area (Å²) in [5.74, 6) is 0.539. The summed E-state index contributed by atoms with van der Waals surface area (Å²) in [6, 6.07) is 1.97. The second kappa shape index (κ2) is 6.94. The van der Waals surface area contributed by atoms with Crippen molar-refractivity contribution in [3.63, 3.8) is 0 Å². The molecule has 1 atom stereocenters. The van der Waals surface area contributed by atoms with E-state index in [2.05, 4.69) is 20.4 Å². The molecule has 0 spiro atoms. The molecule has 6 heteroatoms. The topological polar surface area (TPSA) is 78.1 Å². The number of nitrogens with zero attached hydrogens (tertiary/aromatic N) is 2. The molecule has 0 bridgehead atoms. The first-order chi connectivity index (χ1) is 10.7. The fourth-order valence-corrected chi connectivity index (χ4v) is 3.62. The van der Waals surface area contributed by atoms with Crippen molar-refractivity contribution in [2.24, 2.45) is 5.92 Å². The average Bonchev–Trinajstić information content (AvgIpc) is 3.00. The molecule has 22 heavy (non-hydrogen) atoms. The number of hydrogen-bond donors (Lipinski definition) is 2. The molecule has 1 aromatic heterocycles. The van der Waals surface area contributed by atoms with Crippen LogP contribution in [0.2, 0.25) is 0 Å². The van der Waals surface area contributed by atoms with Gasteiger partial charge in [0.1, 0.15) is 0 Å². The number of amides is 1. The minimum atomic E-state index is -0.182. The van der Waals surface area contributed by atoms with Crippen molar-refractivity contribution in [1.29, 1.82) is 0 Å². The van der Waals surface area contributed by atoms with Gasteiger partial charge in [0.2, 0.25) is 5.91 Å². The highest BCUT2D eigenvalue weighted by Gasteiger charge is 2.24. The molecular weight excluding hydrogens is 280 g/mol. The average molecular weight is 304 g/mol. The number of rotatable bonds is 4. The van der Waals surface area contributed by atoms with Crippen LogP contribution in [0.5, 0.6) is 0 Å². The summed E-state index contributed by atoms with van der Waals surface area (Å²) in [6.07, 6.45) is 9.11. The number of H-pyrrole nitrogens is 1. The van der Waals surface area contributed by atoms with Crippen molar-refractivity contribution in [3.8, 4) is 0 Å². The van der Waals surface area contributed by atoms with Gasteiger partial charge in [0, 0.05) is 31.6 Å². The van der Waals surface area contributed by atoms with Crippen molar-refractivity contribution in [2.45, 2.75) is 51.0 Å². The van der Waals surface area contributed by atoms with E-state index in [9.17, 15) is 9.59 Å². The van der Waals surface area contributed by atoms with E-state index in [0.29, 0.717) is 18.4 Å². The summed E-state index contributed by atoms with van der Waals surface area (Å²) in [7, 11) is 0. The molecule has 1 saturated heterocycles. The first-order valence-electron chi connectivity index (χ1n) is 8.30. The van der Waals surface area contributed by atoms with Gasteiger partial charge in [-0.1, -0.05) is 12.8 Å². The van der Waals surface area contributed by atoms with E-state index in [1.165, 1.54) is 12.8 Å². The van der Waals surface area contributed by atoms with E-state index < -0.39 is 0 Å². The minimum Gasteiger partial charge on any atom is -0.370 e. The lowest BCUT2D eigenvalue weighted by atomic mass is 9.94. The SMILES string of the molecule is O=C(CC1CCCN(c2cn[nH]c(=O)c2)C1)NC1CCCC1. The van der Waals surface area contributed by atoms with Crippen molar-refractivity contribution in [1.82, 2.24) is 15.5 Å². The Kier molecular flexibility index (Phi) is 4.75. The highest BCUT2D eigenvalue weighted by atomic mass is 16.1. The van der Waals surface area contributed by atoms with E-state index in [0.717, 1.165) is 44.5 Å². The molecule has 0 aromatic carbocycles. The summed E-state index contributed by atoms with van der Waals surface area (Å²) >= 11 is 0. The molecule has 6 nitrogen and oxygen atoms in total. The van der Waals surface area contributed by atoms with E-state index in [1.807, 2.05) is 0 Å². The number of anilines is 1. The lowest BCUT2D eigenvalue weighted by molar-refractivity contribution is -0.122. The van der Waals surface area contributed by atoms with E-state index in [-0.39, 0.29) is 11.5 Å². The van der Waals surface area contributed by atoms with Crippen LogP contribution in [-0.4, -0.2) is 35.2 Å². The molecule has 2 aliphatic rings. The van der Waals surface area contributed by atoms with Gasteiger partial charge >= 0.3 is 0 Å². The van der Waals surface area contributed by atoms with Gasteiger partial charge in [-0.15, -0.1) is 0 Å². The highest BCUT2D eigenvalue weighted by Crippen LogP contribution is 2.24. The quantitative estimate of drug-likeness (QED) is 0.882. The number of carbonyl (C=O) groups is 1. The zero-order valence-electron chi connectivity index (χ0n) is 12.9. The van der Waals surface area contributed by atoms with Crippen LogP contribution < -0.4 is 15.8 Å². The Labute approximate surface area is 130 Å². The smallest absolute Gasteiger partial charge is 0.266 e. The number of aromatic nitrogens is 2. The lowest BCUT2D eigenvalue weighted by Gasteiger charge is -2.34. The van der Waals surface area contributed by atoms with Gasteiger partial charge in [-0.05, 0) is 31.6 Å². The second-order valence-corrected chi connectivity index (χ2v) is 6.51. The van der Waals surface area contributed by atoms with E-state index in [1.54, 1.807) is 12.3 Å². The Morgan fingerprint density at radius 3 is 2.91 bits per heavy atom. The lowest BCUT2D eigenvalue weighted by Crippen LogP contribution is -2.40. The molecule has 1 aliphatic carbocycles. The van der Waals surface area contributed by atoms with Gasteiger partial charge in [-0.25, -0.2) is 5.10 Å². The number of piperidine rings is 1. The summed E-state index contributed by atoms with van der Waals surface area (Å²) in [6.45, 7) is 1.75. The largest absolute Gasteiger partial charge is 0.370 e. The molecule has 2 heterocycles. The number of aromatic amines is 1. The maximum Gasteiger partial charge on any atom is 0.266 e. The maximum atomic E-state index is 12.2. The van der Waals surface area contributed by atoms with Crippen LogP contribution in [0.4, 0.5) is 5.69 Å². The van der Waals surface area contributed by atoms with E-state index >= 15 is 0 Å². The van der Waals surface area contributed by atoms with Gasteiger partial charge in [0.15, 0.2) is 0 Å². The van der Waals surface area contributed by atoms with Gasteiger partial charge in [-0.3, -0.25) is 9.59 Å². The molecule has 3 rings (SSSR count). The first kappa shape index (κ1) is 15.1. The third kappa shape index (κ3) is 3.87. The fourth-order valence-electron chi connectivity index (χ4n) is 3.62. The molecule has 1 amide bonds. The summed E-state index contributed by atoms with van der Waals surface area (Å²) < 4.78 is 0. The predicted octanol–water partition coefficient (Wildman–Crippen LogP) is 1.44. The Morgan fingerprint density at radius 2 is 2.14 bits per heavy atom. The molecule has 1 aliphatic heterocycles. The second-order valence-electron chi connectivity index (χ2n) is 6.51. The van der Waals surface area contributed by atoms with Crippen LogP contribution in [0.25, 0.3) is 0 Å². The molecule has 2 fully saturated rings. The zero-order valence-corrected chi connectivity index (χ0v) is 12.9. The Hall–Kier alpha value is -1.85. The fraction of sp³-hybridized carbons (Fsp3) is 0.688. The van der Waals surface area contributed by atoms with Crippen LogP contribution in [0.3, 0.4) is 0 Å². The molecule has 1 aromatic rings. The van der Waals surface area contributed by atoms with Crippen LogP contribution in [-0.2, 0) is 4.79 Å². The van der Waals surface area contributed by atoms with Crippen molar-refractivity contribution >= 4 is 11.6 Å². The molecule has 2 N–H and O–H groups in total. The standard InChI is InChI=1S/C16H24N4O2/c21-15(18-13-5-1-2-6-13)8-12-4-3-7-20(11-12)14-9-16(22)19-17-10-14/h9-10,12-13H,1-8,11H2,(H,18,21)(H,19,22). The summed E-state index contributed by atoms with van der Waals surface area (Å²) in [5.41, 5.74) is 0.670. The van der Waals surface area contributed by atoms with Gasteiger partial charge in [0.05, 0.1) is 11.9 Å². The van der Waals surface area contributed by atoms with E-state index in [4.69, 9.17) is 0 Å². The number of hydrogen-bond acceptors (Lipinski definition) is 4. The van der Waals surface area contributed by atoms with Crippen molar-refractivity contribution in [2.75, 3.05) is 18.0 Å². The Balaban J connectivity index is 1.54. The van der Waals surface area contributed by atoms with Gasteiger partial charge in [-0.2, -0.15) is 5.10 Å². The van der Waals surface area contributed by atoms with Crippen LogP contribution in [0.15, 0.2) is 17.1 Å². The first-order valence-corrected chi connectivity index (χ1v) is 8.30. The Bertz CT molecular complexity index is 565. The highest BCUT2D eigenvalue weighted by molar-refractivity contribution is 5.76. The monoisotopic (exact) mass is 304 g/mol. The Morgan fingerprint density at radius 1 is 1.32 bits per heavy atom. The van der Waals surface area contributed by atoms with Gasteiger partial charge < -0.3 is 10.2 Å². The third-order valence-corrected chi connectivity index (χ3v) is 4.73. The molecular formula is C16H24N4O2. The summed E-state index contributed by atoms with van der Waals surface area (Å²) in [5, 5.41) is 9.42. The zero-order chi connectivity index (χ0) is 15.4. The van der Waals surface area contributed by atoms with Gasteiger partial charge in [0.25, 0.3) is 5.56 Å². The number of nitrogens with one attached hydrogen (secondary N) is 2.